The Morgan fingerprint density at radius 3 is 2.35 bits per heavy atom. The maximum Gasteiger partial charge on any atom is 0.329 e. The summed E-state index contributed by atoms with van der Waals surface area (Å²) >= 11 is 13.1. The lowest BCUT2D eigenvalue weighted by Gasteiger charge is -2.66. The minimum absolute atomic E-state index is 0.0508. The lowest BCUT2D eigenvalue weighted by Crippen LogP contribution is -2.79. The van der Waals surface area contributed by atoms with Crippen LogP contribution in [0.4, 0.5) is 10.1 Å². The van der Waals surface area contributed by atoms with Crippen LogP contribution in [-0.4, -0.2) is 84.7 Å². The van der Waals surface area contributed by atoms with Gasteiger partial charge < -0.3 is 15.5 Å². The molecule has 4 aromatic rings. The summed E-state index contributed by atoms with van der Waals surface area (Å²) in [4.78, 5) is 87.8. The number of aromatic nitrogens is 2. The van der Waals surface area contributed by atoms with Gasteiger partial charge in [0, 0.05) is 66.2 Å². The van der Waals surface area contributed by atoms with Crippen LogP contribution in [0, 0.1) is 29.0 Å². The molecule has 3 aromatic carbocycles. The largest absolute Gasteiger partial charge is 0.348 e. The molecule has 1 aromatic heterocycles. The van der Waals surface area contributed by atoms with E-state index in [1.165, 1.54) is 15.2 Å². The Morgan fingerprint density at radius 1 is 0.838 bits per heavy atom. The van der Waals surface area contributed by atoms with E-state index in [1.54, 1.807) is 37.4 Å². The van der Waals surface area contributed by atoms with Gasteiger partial charge in [-0.25, -0.2) is 9.18 Å². The smallest absolute Gasteiger partial charge is 0.329 e. The van der Waals surface area contributed by atoms with Crippen molar-refractivity contribution < 1.29 is 28.4 Å². The van der Waals surface area contributed by atoms with Crippen LogP contribution < -0.4 is 21.6 Å². The monoisotopic (exact) mass is 959 g/mol. The first-order valence-corrected chi connectivity index (χ1v) is 25.0. The Hall–Kier alpha value is -5.49. The van der Waals surface area contributed by atoms with Crippen LogP contribution in [0.1, 0.15) is 119 Å². The van der Waals surface area contributed by atoms with Gasteiger partial charge in [0.1, 0.15) is 17.3 Å². The van der Waals surface area contributed by atoms with Gasteiger partial charge >= 0.3 is 5.69 Å². The molecule has 16 heteroatoms. The summed E-state index contributed by atoms with van der Waals surface area (Å²) in [6.07, 6.45) is 8.81. The summed E-state index contributed by atoms with van der Waals surface area (Å²) in [6.45, 7) is 1.12. The van der Waals surface area contributed by atoms with Crippen molar-refractivity contribution in [2.24, 2.45) is 18.4 Å². The highest BCUT2D eigenvalue weighted by molar-refractivity contribution is 6.31. The van der Waals surface area contributed by atoms with Crippen LogP contribution in [0.3, 0.4) is 0 Å². The summed E-state index contributed by atoms with van der Waals surface area (Å²) in [6, 6.07) is 13.9. The summed E-state index contributed by atoms with van der Waals surface area (Å²) in [5.74, 6) is 4.12. The Bertz CT molecular complexity index is 3020. The van der Waals surface area contributed by atoms with Gasteiger partial charge in [-0.15, -0.1) is 0 Å². The molecule has 5 aliphatic heterocycles. The predicted octanol–water partition coefficient (Wildman–Crippen LogP) is 6.62. The average Bonchev–Trinajstić information content (AvgIpc) is 3.87. The maximum atomic E-state index is 16.8. The van der Waals surface area contributed by atoms with E-state index in [9.17, 15) is 14.4 Å². The molecule has 5 unspecified atom stereocenters. The number of piperazine rings is 1. The van der Waals surface area contributed by atoms with E-state index in [1.807, 2.05) is 23.1 Å². The minimum Gasteiger partial charge on any atom is -0.348 e. The number of fused-ring (bicyclic) bond motifs is 8. The number of rotatable bonds is 3. The van der Waals surface area contributed by atoms with Crippen molar-refractivity contribution in [3.8, 4) is 11.8 Å². The fraction of sp³-hybridized carbons (Fsp3) is 0.500. The molecule has 5 atom stereocenters. The first-order valence-electron chi connectivity index (χ1n) is 24.2. The van der Waals surface area contributed by atoms with Crippen LogP contribution in [-0.2, 0) is 36.4 Å². The molecule has 4 saturated heterocycles. The molecular weight excluding hydrogens is 909 g/mol. The highest BCUT2D eigenvalue weighted by Crippen LogP contribution is 2.70. The molecule has 13 rings (SSSR count). The van der Waals surface area contributed by atoms with Crippen molar-refractivity contribution in [3.05, 3.63) is 97.6 Å². The molecule has 13 nitrogen and oxygen atoms in total. The molecule has 4 aliphatic carbocycles. The summed E-state index contributed by atoms with van der Waals surface area (Å²) < 4.78 is 19.7. The molecule has 352 valence electrons. The number of anilines is 1. The number of amides is 5. The van der Waals surface area contributed by atoms with Gasteiger partial charge in [-0.1, -0.05) is 72.5 Å². The normalized spacial score (nSPS) is 31.8. The summed E-state index contributed by atoms with van der Waals surface area (Å²) in [5, 5.41) is 9.45. The van der Waals surface area contributed by atoms with Crippen molar-refractivity contribution in [2.75, 3.05) is 18.4 Å². The molecule has 5 amide bonds. The third-order valence-corrected chi connectivity index (χ3v) is 18.4. The molecule has 9 aliphatic rings. The van der Waals surface area contributed by atoms with Crippen LogP contribution in [0.2, 0.25) is 10.0 Å². The molecule has 68 heavy (non-hydrogen) atoms. The fourth-order valence-corrected chi connectivity index (χ4v) is 15.2. The Balaban J connectivity index is 0.839. The van der Waals surface area contributed by atoms with Gasteiger partial charge in [-0.2, -0.15) is 0 Å². The van der Waals surface area contributed by atoms with Crippen molar-refractivity contribution in [1.82, 2.24) is 29.6 Å². The van der Waals surface area contributed by atoms with Crippen LogP contribution in [0.5, 0.6) is 0 Å². The number of benzene rings is 3. The van der Waals surface area contributed by atoms with Gasteiger partial charge in [0.05, 0.1) is 33.1 Å². The van der Waals surface area contributed by atoms with E-state index in [0.717, 1.165) is 30.4 Å². The molecular formula is C52H52Cl2FN7O6. The third-order valence-electron chi connectivity index (χ3n) is 17.9. The highest BCUT2D eigenvalue weighted by Gasteiger charge is 2.80. The van der Waals surface area contributed by atoms with E-state index in [-0.39, 0.29) is 64.7 Å². The molecule has 0 radical (unpaired) electrons. The highest BCUT2D eigenvalue weighted by atomic mass is 35.5. The Morgan fingerprint density at radius 2 is 1.60 bits per heavy atom. The van der Waals surface area contributed by atoms with Gasteiger partial charge in [0.2, 0.25) is 29.5 Å². The number of nitrogens with zero attached hydrogens (tertiary/aromatic N) is 4. The number of halogens is 3. The maximum absolute atomic E-state index is 16.8. The number of imide groups is 1. The number of hydrogen-bond acceptors (Lipinski definition) is 7. The van der Waals surface area contributed by atoms with E-state index in [0.29, 0.717) is 92.6 Å². The van der Waals surface area contributed by atoms with Crippen LogP contribution in [0.25, 0.3) is 11.0 Å². The first-order chi connectivity index (χ1) is 32.7. The molecule has 3 spiro atoms. The lowest BCUT2D eigenvalue weighted by atomic mass is 9.52. The minimum atomic E-state index is -1.35. The molecule has 4 saturated carbocycles. The van der Waals surface area contributed by atoms with E-state index in [4.69, 9.17) is 23.2 Å². The third kappa shape index (κ3) is 5.97. The quantitative estimate of drug-likeness (QED) is 0.154. The van der Waals surface area contributed by atoms with Crippen molar-refractivity contribution in [1.29, 1.82) is 0 Å². The van der Waals surface area contributed by atoms with Gasteiger partial charge in [0.25, 0.3) is 0 Å². The second kappa shape index (κ2) is 15.5. The number of aryl methyl sites for hydroxylation is 1. The number of hydrogen-bond donors (Lipinski definition) is 3. The predicted molar refractivity (Wildman–Crippen MR) is 252 cm³/mol. The number of imidazole rings is 1. The molecule has 6 heterocycles. The zero-order valence-corrected chi connectivity index (χ0v) is 39.3. The summed E-state index contributed by atoms with van der Waals surface area (Å²) in [7, 11) is 1.66. The SMILES string of the molecule is Cn1c(=O)n(C2CCC(=O)NC2=O)c2ccc(C#CC3CCN(C(=O)C45CCC6(CC4)NC(=O)C4C(c7cccc(Cl)c7F)C7(C(=O)Nc8cc(Cl)ccc87)C7(CCCCC7)N4C6C5)CC3)cc21. The number of carbonyl (C=O) groups is 5. The van der Waals surface area contributed by atoms with Gasteiger partial charge in [0.15, 0.2) is 0 Å². The fourth-order valence-electron chi connectivity index (χ4n) is 14.8. The average molecular weight is 961 g/mol. The number of likely N-dealkylation sites (tertiary alicyclic amines) is 1. The van der Waals surface area contributed by atoms with E-state index >= 15 is 18.8 Å². The number of carbonyl (C=O) groups excluding carboxylic acids is 5. The second-order valence-electron chi connectivity index (χ2n) is 20.9. The summed E-state index contributed by atoms with van der Waals surface area (Å²) in [5.41, 5.74) is -0.307. The Labute approximate surface area is 402 Å². The topological polar surface area (TPSA) is 155 Å². The van der Waals surface area contributed by atoms with E-state index < -0.39 is 51.6 Å². The first kappa shape index (κ1) is 43.8. The number of piperidine rings is 2. The van der Waals surface area contributed by atoms with Crippen molar-refractivity contribution >= 4 is 69.5 Å². The molecule has 3 N–H and O–H groups in total. The second-order valence-corrected chi connectivity index (χ2v) is 21.7. The number of nitrogens with one attached hydrogen (secondary N) is 3. The van der Waals surface area contributed by atoms with Crippen LogP contribution in [0.15, 0.2) is 59.4 Å². The zero-order chi connectivity index (χ0) is 47.1. The molecule has 8 fully saturated rings. The Kier molecular flexibility index (Phi) is 9.98. The molecule has 2 bridgehead atoms. The lowest BCUT2D eigenvalue weighted by molar-refractivity contribution is -0.175. The van der Waals surface area contributed by atoms with Gasteiger partial charge in [-0.05, 0) is 112 Å². The van der Waals surface area contributed by atoms with Gasteiger partial charge in [-0.3, -0.25) is 43.3 Å². The van der Waals surface area contributed by atoms with Crippen molar-refractivity contribution in [2.45, 2.75) is 130 Å². The zero-order valence-electron chi connectivity index (χ0n) is 37.8. The van der Waals surface area contributed by atoms with Crippen molar-refractivity contribution in [3.63, 3.8) is 0 Å². The standard InChI is InChI=1S/C52H52Cl2FN7O6/c1-59-38-26-30(10-13-36(38)61(48(59)68)37-14-15-40(63)57-44(37)64)9-8-29-16-24-60(25-17-29)47(67)49-20-22-50(23-21-49)39(28-49)62-43(45(65)58-50)41(32-6-5-7-34(54)42(32)55)52(51(62)18-3-2-4-19-51)33-12-11-31(53)27-35(33)56-46(52)66/h5-7,10-13,26-27,29,37,39,41,43H,2-4,14-25,28H2,1H3,(H,56,66)(H,58,65)(H,57,63,64). The van der Waals surface area contributed by atoms with E-state index in [2.05, 4.69) is 32.7 Å². The van der Waals surface area contributed by atoms with Crippen LogP contribution >= 0.6 is 23.2 Å².